The number of alkyl carbamates (subject to hydrolysis) is 1. The Hall–Kier alpha value is -3.30. The van der Waals surface area contributed by atoms with Crippen molar-refractivity contribution in [3.8, 4) is 0 Å². The van der Waals surface area contributed by atoms with E-state index >= 15 is 0 Å². The molecule has 2 rings (SSSR count). The molecule has 220 valence electrons. The lowest BCUT2D eigenvalue weighted by Gasteiger charge is -2.32. The number of hydrogen-bond acceptors (Lipinski definition) is 7. The maximum atomic E-state index is 13.8. The second kappa shape index (κ2) is 13.9. The van der Waals surface area contributed by atoms with Gasteiger partial charge in [-0.3, -0.25) is 9.59 Å². The molecule has 0 bridgehead atoms. The summed E-state index contributed by atoms with van der Waals surface area (Å²) in [6.07, 6.45) is -0.738. The fraction of sp³-hybridized carbons (Fsp3) is 0.500. The number of nitrogens with one attached hydrogen (secondary N) is 2. The van der Waals surface area contributed by atoms with Gasteiger partial charge in [-0.25, -0.2) is 4.79 Å². The number of rotatable bonds is 11. The van der Waals surface area contributed by atoms with E-state index in [0.29, 0.717) is 21.8 Å². The molecular formula is C30H42ClN3O6. The third kappa shape index (κ3) is 8.35. The van der Waals surface area contributed by atoms with Gasteiger partial charge in [0.15, 0.2) is 0 Å². The predicted octanol–water partition coefficient (Wildman–Crippen LogP) is 5.66. The number of ether oxygens (including phenoxy) is 3. The summed E-state index contributed by atoms with van der Waals surface area (Å²) < 4.78 is 16.0. The summed E-state index contributed by atoms with van der Waals surface area (Å²) in [4.78, 5) is 39.4. The summed E-state index contributed by atoms with van der Waals surface area (Å²) in [5.41, 5.74) is 6.31. The van der Waals surface area contributed by atoms with Gasteiger partial charge >= 0.3 is 12.1 Å². The summed E-state index contributed by atoms with van der Waals surface area (Å²) in [5.74, 6) is -1.54. The Morgan fingerprint density at radius 2 is 1.70 bits per heavy atom. The molecule has 4 N–H and O–H groups in total. The summed E-state index contributed by atoms with van der Waals surface area (Å²) in [6, 6.07) is 11.1. The lowest BCUT2D eigenvalue weighted by molar-refractivity contribution is -0.151. The van der Waals surface area contributed by atoms with Crippen LogP contribution in [0.4, 0.5) is 16.2 Å². The zero-order valence-corrected chi connectivity index (χ0v) is 25.3. The van der Waals surface area contributed by atoms with Gasteiger partial charge in [0.2, 0.25) is 5.91 Å². The van der Waals surface area contributed by atoms with Crippen molar-refractivity contribution in [1.82, 2.24) is 5.32 Å². The lowest BCUT2D eigenvalue weighted by atomic mass is 9.81. The molecule has 0 aliphatic carbocycles. The molecule has 40 heavy (non-hydrogen) atoms. The normalized spacial score (nSPS) is 14.6. The molecule has 3 atom stereocenters. The summed E-state index contributed by atoms with van der Waals surface area (Å²) >= 11 is 6.53. The van der Waals surface area contributed by atoms with Crippen LogP contribution in [0.1, 0.15) is 65.5 Å². The van der Waals surface area contributed by atoms with Crippen LogP contribution in [0.2, 0.25) is 5.02 Å². The Balaban J connectivity index is 2.48. The van der Waals surface area contributed by atoms with Crippen molar-refractivity contribution in [3.63, 3.8) is 0 Å². The number of carbonyl (C=O) groups excluding carboxylic acids is 3. The van der Waals surface area contributed by atoms with Crippen LogP contribution < -0.4 is 16.4 Å². The number of halogens is 1. The van der Waals surface area contributed by atoms with Crippen molar-refractivity contribution in [2.75, 3.05) is 31.4 Å². The molecule has 9 nitrogen and oxygen atoms in total. The van der Waals surface area contributed by atoms with Crippen molar-refractivity contribution in [1.29, 1.82) is 0 Å². The van der Waals surface area contributed by atoms with Gasteiger partial charge in [0.05, 0.1) is 24.6 Å². The quantitative estimate of drug-likeness (QED) is 0.233. The van der Waals surface area contributed by atoms with E-state index < -0.39 is 40.9 Å². The number of hydrogen-bond donors (Lipinski definition) is 3. The molecule has 0 aliphatic heterocycles. The smallest absolute Gasteiger partial charge is 0.408 e. The average Bonchev–Trinajstić information content (AvgIpc) is 2.84. The molecule has 0 aliphatic rings. The second-order valence-electron chi connectivity index (χ2n) is 11.2. The van der Waals surface area contributed by atoms with Gasteiger partial charge in [-0.2, -0.15) is 0 Å². The first-order valence-electron chi connectivity index (χ1n) is 13.3. The SMILES string of the molecule is CCOC(=O)C(C)(COC)c1ccc(NC(=O)[C@@H](NC(=O)OC(C)(C)C)[C@H](c2ccccc2Cl)C(C)C)c(N)c1. The fourth-order valence-electron chi connectivity index (χ4n) is 4.49. The highest BCUT2D eigenvalue weighted by Crippen LogP contribution is 2.35. The minimum absolute atomic E-state index is 0.0762. The van der Waals surface area contributed by atoms with E-state index in [9.17, 15) is 14.4 Å². The predicted molar refractivity (Wildman–Crippen MR) is 158 cm³/mol. The number of nitrogens with two attached hydrogens (primary N) is 1. The van der Waals surface area contributed by atoms with Gasteiger partial charge in [0, 0.05) is 18.1 Å². The van der Waals surface area contributed by atoms with Gasteiger partial charge in [-0.15, -0.1) is 0 Å². The number of methoxy groups -OCH3 is 1. The first-order chi connectivity index (χ1) is 18.6. The first-order valence-corrected chi connectivity index (χ1v) is 13.6. The minimum atomic E-state index is -1.10. The van der Waals surface area contributed by atoms with E-state index in [0.717, 1.165) is 0 Å². The molecule has 0 fully saturated rings. The van der Waals surface area contributed by atoms with Crippen molar-refractivity contribution < 1.29 is 28.6 Å². The minimum Gasteiger partial charge on any atom is -0.465 e. The standard InChI is InChI=1S/C30H42ClN3O6/c1-9-39-27(36)30(7,17-38-8)19-14-15-23(22(32)16-19)33-26(35)25(34-28(37)40-29(4,5)6)24(18(2)3)20-12-10-11-13-21(20)31/h10-16,18,24-25H,9,17,32H2,1-8H3,(H,33,35)(H,34,37)/t24-,25-,30?/m0/s1. The molecule has 2 aromatic rings. The summed E-state index contributed by atoms with van der Waals surface area (Å²) in [7, 11) is 1.50. The van der Waals surface area contributed by atoms with Crippen LogP contribution in [0.15, 0.2) is 42.5 Å². The fourth-order valence-corrected chi connectivity index (χ4v) is 4.75. The maximum Gasteiger partial charge on any atom is 0.408 e. The van der Waals surface area contributed by atoms with Crippen LogP contribution in [0, 0.1) is 5.92 Å². The molecule has 0 radical (unpaired) electrons. The molecule has 0 saturated heterocycles. The third-order valence-electron chi connectivity index (χ3n) is 6.40. The van der Waals surface area contributed by atoms with Crippen molar-refractivity contribution in [2.45, 2.75) is 71.4 Å². The Labute approximate surface area is 242 Å². The number of esters is 1. The second-order valence-corrected chi connectivity index (χ2v) is 11.6. The van der Waals surface area contributed by atoms with E-state index in [-0.39, 0.29) is 24.8 Å². The van der Waals surface area contributed by atoms with Gasteiger partial charge < -0.3 is 30.6 Å². The summed E-state index contributed by atoms with van der Waals surface area (Å²) in [6.45, 7) is 12.8. The van der Waals surface area contributed by atoms with E-state index in [1.54, 1.807) is 65.0 Å². The first kappa shape index (κ1) is 32.9. The molecule has 1 unspecified atom stereocenters. The Morgan fingerprint density at radius 3 is 2.23 bits per heavy atom. The van der Waals surface area contributed by atoms with Crippen molar-refractivity contribution in [3.05, 3.63) is 58.6 Å². The van der Waals surface area contributed by atoms with Crippen molar-refractivity contribution in [2.24, 2.45) is 5.92 Å². The van der Waals surface area contributed by atoms with E-state index in [4.69, 9.17) is 31.5 Å². The highest BCUT2D eigenvalue weighted by Gasteiger charge is 2.38. The molecule has 2 amide bonds. The van der Waals surface area contributed by atoms with Gasteiger partial charge in [0.25, 0.3) is 0 Å². The zero-order chi connectivity index (χ0) is 30.3. The molecule has 10 heteroatoms. The molecule has 0 aromatic heterocycles. The van der Waals surface area contributed by atoms with Crippen LogP contribution in [0.3, 0.4) is 0 Å². The van der Waals surface area contributed by atoms with Gasteiger partial charge in [-0.1, -0.05) is 49.7 Å². The number of anilines is 2. The number of nitrogen functional groups attached to an aromatic ring is 1. The Kier molecular flexibility index (Phi) is 11.4. The maximum absolute atomic E-state index is 13.8. The van der Waals surface area contributed by atoms with E-state index in [2.05, 4.69) is 10.6 Å². The van der Waals surface area contributed by atoms with Crippen molar-refractivity contribution >= 4 is 40.9 Å². The lowest BCUT2D eigenvalue weighted by Crippen LogP contribution is -2.50. The highest BCUT2D eigenvalue weighted by atomic mass is 35.5. The molecular weight excluding hydrogens is 534 g/mol. The average molecular weight is 576 g/mol. The van der Waals surface area contributed by atoms with Crippen LogP contribution >= 0.6 is 11.6 Å². The molecule has 0 heterocycles. The van der Waals surface area contributed by atoms with E-state index in [1.807, 2.05) is 26.0 Å². The Bertz CT molecular complexity index is 1200. The number of carbonyl (C=O) groups is 3. The monoisotopic (exact) mass is 575 g/mol. The van der Waals surface area contributed by atoms with Crippen LogP contribution in [0.5, 0.6) is 0 Å². The molecule has 0 spiro atoms. The Morgan fingerprint density at radius 1 is 1.05 bits per heavy atom. The topological polar surface area (TPSA) is 129 Å². The summed E-state index contributed by atoms with van der Waals surface area (Å²) in [5, 5.41) is 6.07. The number of benzene rings is 2. The third-order valence-corrected chi connectivity index (χ3v) is 6.75. The van der Waals surface area contributed by atoms with Gasteiger partial charge in [0.1, 0.15) is 17.1 Å². The molecule has 0 saturated carbocycles. The van der Waals surface area contributed by atoms with Gasteiger partial charge in [-0.05, 0) is 69.9 Å². The van der Waals surface area contributed by atoms with E-state index in [1.165, 1.54) is 7.11 Å². The zero-order valence-electron chi connectivity index (χ0n) is 24.6. The largest absolute Gasteiger partial charge is 0.465 e. The highest BCUT2D eigenvalue weighted by molar-refractivity contribution is 6.31. The van der Waals surface area contributed by atoms with Crippen LogP contribution in [0.25, 0.3) is 0 Å². The van der Waals surface area contributed by atoms with Crippen LogP contribution in [-0.2, 0) is 29.2 Å². The van der Waals surface area contributed by atoms with Crippen LogP contribution in [-0.4, -0.2) is 49.9 Å². The number of amides is 2. The molecule has 2 aromatic carbocycles.